The van der Waals surface area contributed by atoms with Gasteiger partial charge in [-0.3, -0.25) is 9.59 Å². The summed E-state index contributed by atoms with van der Waals surface area (Å²) in [4.78, 5) is 21.8. The van der Waals surface area contributed by atoms with Crippen molar-refractivity contribution in [3.8, 4) is 11.5 Å². The van der Waals surface area contributed by atoms with Crippen molar-refractivity contribution in [2.45, 2.75) is 19.5 Å². The van der Waals surface area contributed by atoms with Gasteiger partial charge in [0.2, 0.25) is 0 Å². The van der Waals surface area contributed by atoms with Crippen LogP contribution in [-0.2, 0) is 4.79 Å². The Kier molecular flexibility index (Phi) is 10.1. The summed E-state index contributed by atoms with van der Waals surface area (Å²) in [5.41, 5.74) is 5.38. The van der Waals surface area contributed by atoms with Gasteiger partial charge in [-0.1, -0.05) is 6.07 Å². The third-order valence-electron chi connectivity index (χ3n) is 2.79. The number of rotatable bonds is 7. The highest BCUT2D eigenvalue weighted by molar-refractivity contribution is 5.97. The van der Waals surface area contributed by atoms with Gasteiger partial charge < -0.3 is 25.2 Å². The molecular formula is C16H23F3N2O5. The van der Waals surface area contributed by atoms with Gasteiger partial charge in [-0.2, -0.15) is 13.2 Å². The molecule has 3 N–H and O–H groups in total. The summed E-state index contributed by atoms with van der Waals surface area (Å²) in [6, 6.07) is 4.48. The lowest BCUT2D eigenvalue weighted by Crippen LogP contribution is -2.36. The van der Waals surface area contributed by atoms with E-state index in [1.807, 2.05) is 0 Å². The molecule has 0 spiro atoms. The molecule has 7 nitrogen and oxygen atoms in total. The van der Waals surface area contributed by atoms with Crippen molar-refractivity contribution in [2.24, 2.45) is 5.73 Å². The van der Waals surface area contributed by atoms with E-state index in [2.05, 4.69) is 0 Å². The molecule has 0 bridgehead atoms. The highest BCUT2D eigenvalue weighted by Gasteiger charge is 2.32. The number of carbonyl (C=O) groups excluding carboxylic acids is 1. The summed E-state index contributed by atoms with van der Waals surface area (Å²) in [5.74, 6) is -1.22. The number of hydrogen-bond donors (Lipinski definition) is 2. The smallest absolute Gasteiger partial charge is 0.406 e. The molecule has 0 saturated heterocycles. The van der Waals surface area contributed by atoms with Gasteiger partial charge in [-0.25, -0.2) is 0 Å². The fraction of sp³-hybridized carbons (Fsp3) is 0.500. The predicted molar refractivity (Wildman–Crippen MR) is 88.5 cm³/mol. The second-order valence-electron chi connectivity index (χ2n) is 5.12. The molecule has 0 radical (unpaired) electrons. The number of ether oxygens (including phenoxy) is 2. The predicted octanol–water partition coefficient (Wildman–Crippen LogP) is 2.15. The number of halogens is 3. The normalized spacial score (nSPS) is 10.4. The lowest BCUT2D eigenvalue weighted by Gasteiger charge is -2.21. The number of carboxylic acid groups (broad SMARTS) is 1. The number of para-hydroxylation sites is 1. The minimum absolute atomic E-state index is 0.0168. The molecule has 10 heteroatoms. The number of nitrogens with zero attached hydrogens (tertiary/aromatic N) is 1. The Morgan fingerprint density at radius 2 is 1.88 bits per heavy atom. The first kappa shape index (κ1) is 23.5. The zero-order valence-electron chi connectivity index (χ0n) is 14.8. The minimum Gasteiger partial charge on any atom is -0.493 e. The van der Waals surface area contributed by atoms with Crippen LogP contribution in [0.2, 0.25) is 0 Å². The summed E-state index contributed by atoms with van der Waals surface area (Å²) in [7, 11) is 2.47. The number of aliphatic carboxylic acids is 1. The zero-order chi connectivity index (χ0) is 20.3. The average molecular weight is 380 g/mol. The first-order valence-electron chi connectivity index (χ1n) is 7.55. The van der Waals surface area contributed by atoms with Crippen LogP contribution in [0.1, 0.15) is 23.7 Å². The molecule has 0 fully saturated rings. The number of carbonyl (C=O) groups is 2. The Bertz CT molecular complexity index is 590. The summed E-state index contributed by atoms with van der Waals surface area (Å²) in [6.45, 7) is 0.373. The topological polar surface area (TPSA) is 102 Å². The molecule has 0 aromatic heterocycles. The SMILES string of the molecule is CC(=O)O.COc1cccc(C(=O)N(C)CC(F)(F)F)c1OCCCN. The largest absolute Gasteiger partial charge is 0.493 e. The van der Waals surface area contributed by atoms with E-state index >= 15 is 0 Å². The van der Waals surface area contributed by atoms with Crippen molar-refractivity contribution in [3.05, 3.63) is 23.8 Å². The summed E-state index contributed by atoms with van der Waals surface area (Å²) in [5, 5.41) is 7.42. The third kappa shape index (κ3) is 9.11. The van der Waals surface area contributed by atoms with E-state index in [-0.39, 0.29) is 23.7 Å². The standard InChI is InChI=1S/C14H19F3N2O3.C2H4O2/c1-19(9-14(15,16)17)13(20)10-5-3-6-11(21-2)12(10)22-8-4-7-18;1-2(3)4/h3,5-6H,4,7-9,18H2,1-2H3;1H3,(H,3,4). The molecule has 0 unspecified atom stereocenters. The molecule has 1 amide bonds. The van der Waals surface area contributed by atoms with Crippen LogP contribution in [0.25, 0.3) is 0 Å². The quantitative estimate of drug-likeness (QED) is 0.703. The Morgan fingerprint density at radius 1 is 1.31 bits per heavy atom. The molecule has 0 aliphatic rings. The van der Waals surface area contributed by atoms with E-state index in [9.17, 15) is 18.0 Å². The van der Waals surface area contributed by atoms with Crippen LogP contribution in [0.15, 0.2) is 18.2 Å². The lowest BCUT2D eigenvalue weighted by atomic mass is 10.1. The molecule has 1 aromatic carbocycles. The molecule has 1 aromatic rings. The third-order valence-corrected chi connectivity index (χ3v) is 2.79. The second-order valence-corrected chi connectivity index (χ2v) is 5.12. The molecule has 0 saturated carbocycles. The van der Waals surface area contributed by atoms with E-state index in [1.54, 1.807) is 6.07 Å². The lowest BCUT2D eigenvalue weighted by molar-refractivity contribution is -0.138. The number of hydrogen-bond acceptors (Lipinski definition) is 5. The molecular weight excluding hydrogens is 357 g/mol. The van der Waals surface area contributed by atoms with Crippen LogP contribution in [0.3, 0.4) is 0 Å². The summed E-state index contributed by atoms with van der Waals surface area (Å²) < 4.78 is 47.8. The first-order chi connectivity index (χ1) is 12.0. The number of amides is 1. The van der Waals surface area contributed by atoms with Crippen LogP contribution >= 0.6 is 0 Å². The van der Waals surface area contributed by atoms with Crippen LogP contribution in [0.5, 0.6) is 11.5 Å². The maximum atomic E-state index is 12.4. The summed E-state index contributed by atoms with van der Waals surface area (Å²) >= 11 is 0. The van der Waals surface area contributed by atoms with E-state index in [4.69, 9.17) is 25.1 Å². The molecule has 0 heterocycles. The Labute approximate surface area is 149 Å². The highest BCUT2D eigenvalue weighted by Crippen LogP contribution is 2.32. The second kappa shape index (κ2) is 11.2. The van der Waals surface area contributed by atoms with Gasteiger partial charge in [0.15, 0.2) is 11.5 Å². The van der Waals surface area contributed by atoms with Gasteiger partial charge in [-0.15, -0.1) is 0 Å². The zero-order valence-corrected chi connectivity index (χ0v) is 14.8. The monoisotopic (exact) mass is 380 g/mol. The van der Waals surface area contributed by atoms with Crippen LogP contribution in [0, 0.1) is 0 Å². The van der Waals surface area contributed by atoms with Gasteiger partial charge in [-0.05, 0) is 25.1 Å². The van der Waals surface area contributed by atoms with Crippen LogP contribution < -0.4 is 15.2 Å². The Hall–Kier alpha value is -2.49. The molecule has 0 aliphatic carbocycles. The number of carboxylic acids is 1. The molecule has 26 heavy (non-hydrogen) atoms. The number of nitrogens with two attached hydrogens (primary N) is 1. The van der Waals surface area contributed by atoms with Crippen molar-refractivity contribution < 1.29 is 37.3 Å². The fourth-order valence-electron chi connectivity index (χ4n) is 1.80. The number of alkyl halides is 3. The van der Waals surface area contributed by atoms with Crippen molar-refractivity contribution >= 4 is 11.9 Å². The maximum absolute atomic E-state index is 12.4. The molecule has 0 atom stereocenters. The summed E-state index contributed by atoms with van der Waals surface area (Å²) in [6.07, 6.45) is -3.92. The molecule has 0 aliphatic heterocycles. The number of methoxy groups -OCH3 is 1. The fourth-order valence-corrected chi connectivity index (χ4v) is 1.80. The average Bonchev–Trinajstić information content (AvgIpc) is 2.52. The van der Waals surface area contributed by atoms with E-state index in [1.165, 1.54) is 19.2 Å². The van der Waals surface area contributed by atoms with Gasteiger partial charge in [0, 0.05) is 14.0 Å². The van der Waals surface area contributed by atoms with Gasteiger partial charge in [0.05, 0.1) is 19.3 Å². The van der Waals surface area contributed by atoms with Crippen LogP contribution in [0.4, 0.5) is 13.2 Å². The van der Waals surface area contributed by atoms with Crippen LogP contribution in [-0.4, -0.2) is 61.9 Å². The van der Waals surface area contributed by atoms with Gasteiger partial charge in [0.1, 0.15) is 6.54 Å². The van der Waals surface area contributed by atoms with E-state index in [0.717, 1.165) is 14.0 Å². The van der Waals surface area contributed by atoms with Crippen molar-refractivity contribution in [3.63, 3.8) is 0 Å². The highest BCUT2D eigenvalue weighted by atomic mass is 19.4. The van der Waals surface area contributed by atoms with Gasteiger partial charge >= 0.3 is 6.18 Å². The van der Waals surface area contributed by atoms with E-state index in [0.29, 0.717) is 17.9 Å². The molecule has 148 valence electrons. The van der Waals surface area contributed by atoms with Crippen molar-refractivity contribution in [1.82, 2.24) is 4.90 Å². The molecule has 1 rings (SSSR count). The van der Waals surface area contributed by atoms with E-state index < -0.39 is 24.6 Å². The van der Waals surface area contributed by atoms with Gasteiger partial charge in [0.25, 0.3) is 11.9 Å². The van der Waals surface area contributed by atoms with Crippen molar-refractivity contribution in [1.29, 1.82) is 0 Å². The minimum atomic E-state index is -4.47. The first-order valence-corrected chi connectivity index (χ1v) is 7.55. The maximum Gasteiger partial charge on any atom is 0.406 e. The Morgan fingerprint density at radius 3 is 2.35 bits per heavy atom. The van der Waals surface area contributed by atoms with Crippen molar-refractivity contribution in [2.75, 3.05) is 33.9 Å². The number of benzene rings is 1. The Balaban J connectivity index is 0.00000141.